The Morgan fingerprint density at radius 1 is 0.703 bits per heavy atom. The van der Waals surface area contributed by atoms with Gasteiger partial charge in [-0.2, -0.15) is 0 Å². The van der Waals surface area contributed by atoms with Crippen molar-refractivity contribution in [3.63, 3.8) is 0 Å². The van der Waals surface area contributed by atoms with Gasteiger partial charge >= 0.3 is 12.2 Å². The van der Waals surface area contributed by atoms with Crippen LogP contribution in [0.2, 0.25) is 0 Å². The molecule has 0 aromatic heterocycles. The Kier molecular flexibility index (Phi) is 7.92. The molecule has 2 radical (unpaired) electrons. The number of nitrogens with one attached hydrogen (secondary N) is 2. The Hall–Kier alpha value is -2.40. The molecule has 0 spiro atoms. The van der Waals surface area contributed by atoms with Gasteiger partial charge in [-0.15, -0.1) is 20.5 Å². The molecule has 10 nitrogen and oxygen atoms in total. The minimum absolute atomic E-state index is 0.402. The molecule has 3 rings (SSSR count). The van der Waals surface area contributed by atoms with Crippen molar-refractivity contribution in [1.29, 1.82) is 0 Å². The van der Waals surface area contributed by atoms with Crippen LogP contribution >= 0.6 is 0 Å². The largest absolute Gasteiger partial charge is 0.446 e. The average Bonchev–Trinajstić information content (AvgIpc) is 2.72. The van der Waals surface area contributed by atoms with Gasteiger partial charge in [-0.1, -0.05) is 6.07 Å². The van der Waals surface area contributed by atoms with E-state index in [-0.39, 0.29) is 0 Å². The predicted molar refractivity (Wildman–Crippen MR) is 139 cm³/mol. The molecule has 37 heavy (non-hydrogen) atoms. The van der Waals surface area contributed by atoms with Gasteiger partial charge < -0.3 is 9.47 Å². The van der Waals surface area contributed by atoms with Crippen molar-refractivity contribution >= 4 is 23.6 Å². The molecule has 1 aromatic carbocycles. The van der Waals surface area contributed by atoms with Gasteiger partial charge in [0, 0.05) is 59.2 Å². The second-order valence-electron chi connectivity index (χ2n) is 12.9. The number of ether oxygens (including phenoxy) is 2. The summed E-state index contributed by atoms with van der Waals surface area (Å²) in [5.74, 6) is 0. The van der Waals surface area contributed by atoms with Crippen LogP contribution in [-0.4, -0.2) is 56.7 Å². The van der Waals surface area contributed by atoms with Gasteiger partial charge in [0.1, 0.15) is 12.2 Å². The highest BCUT2D eigenvalue weighted by atomic mass is 16.6. The fourth-order valence-electron chi connectivity index (χ4n) is 6.00. The third-order valence-electron chi connectivity index (χ3n) is 7.46. The summed E-state index contributed by atoms with van der Waals surface area (Å²) in [5.41, 5.74) is -0.984. The summed E-state index contributed by atoms with van der Waals surface area (Å²) in [7, 11) is 0. The Morgan fingerprint density at radius 3 is 1.30 bits per heavy atom. The van der Waals surface area contributed by atoms with Crippen molar-refractivity contribution in [3.8, 4) is 0 Å². The highest BCUT2D eigenvalue weighted by Crippen LogP contribution is 2.39. The highest BCUT2D eigenvalue weighted by Gasteiger charge is 2.48. The molecule has 2 saturated heterocycles. The lowest BCUT2D eigenvalue weighted by molar-refractivity contribution is -0.297. The lowest BCUT2D eigenvalue weighted by atomic mass is 9.80. The number of rotatable bonds is 4. The maximum atomic E-state index is 12.7. The van der Waals surface area contributed by atoms with Crippen LogP contribution in [0.25, 0.3) is 0 Å². The number of benzene rings is 1. The first-order valence-corrected chi connectivity index (χ1v) is 12.8. The third-order valence-corrected chi connectivity index (χ3v) is 7.46. The van der Waals surface area contributed by atoms with Crippen molar-refractivity contribution < 1.29 is 29.5 Å². The third kappa shape index (κ3) is 6.54. The van der Waals surface area contributed by atoms with Crippen LogP contribution in [0.4, 0.5) is 21.0 Å². The van der Waals surface area contributed by atoms with E-state index in [0.717, 1.165) is 10.1 Å². The number of nitrogens with zero attached hydrogens (tertiary/aromatic N) is 2. The van der Waals surface area contributed by atoms with Gasteiger partial charge in [0.15, 0.2) is 0 Å². The normalized spacial score (nSPS) is 23.8. The summed E-state index contributed by atoms with van der Waals surface area (Å²) in [5, 5.41) is 32.8. The fraction of sp³-hybridized carbons (Fsp3) is 0.704. The first-order chi connectivity index (χ1) is 16.8. The maximum Gasteiger partial charge on any atom is 0.411 e. The summed E-state index contributed by atoms with van der Waals surface area (Å²) in [6.45, 7) is 16.5. The Balaban J connectivity index is 1.62. The second-order valence-corrected chi connectivity index (χ2v) is 12.9. The summed E-state index contributed by atoms with van der Waals surface area (Å²) in [6.07, 6.45) is -0.323. The van der Waals surface area contributed by atoms with E-state index in [4.69, 9.17) is 9.47 Å². The number of hydrogen-bond acceptors (Lipinski definition) is 6. The first kappa shape index (κ1) is 29.2. The molecular formula is C27H42N4O6. The first-order valence-electron chi connectivity index (χ1n) is 12.8. The number of carbonyl (C=O) groups excluding carboxylic acids is 2. The monoisotopic (exact) mass is 518 g/mol. The molecule has 0 bridgehead atoms. The van der Waals surface area contributed by atoms with Crippen molar-refractivity contribution in [2.75, 3.05) is 10.6 Å². The molecule has 0 atom stereocenters. The van der Waals surface area contributed by atoms with E-state index in [1.165, 1.54) is 0 Å². The molecule has 206 valence electrons. The van der Waals surface area contributed by atoms with Crippen molar-refractivity contribution in [1.82, 2.24) is 10.1 Å². The highest BCUT2D eigenvalue weighted by molar-refractivity contribution is 5.91. The topological polar surface area (TPSA) is 123 Å². The van der Waals surface area contributed by atoms with Crippen LogP contribution in [0.3, 0.4) is 0 Å². The zero-order chi connectivity index (χ0) is 28.0. The summed E-state index contributed by atoms with van der Waals surface area (Å²) in [4.78, 5) is 25.4. The zero-order valence-corrected chi connectivity index (χ0v) is 23.6. The van der Waals surface area contributed by atoms with Crippen LogP contribution in [0.15, 0.2) is 18.2 Å². The molecule has 0 unspecified atom stereocenters. The van der Waals surface area contributed by atoms with Gasteiger partial charge in [-0.25, -0.2) is 9.59 Å². The van der Waals surface area contributed by atoms with Crippen molar-refractivity contribution in [2.45, 2.75) is 122 Å². The molecule has 2 heterocycles. The molecule has 2 aliphatic rings. The zero-order valence-electron chi connectivity index (χ0n) is 23.6. The van der Waals surface area contributed by atoms with Gasteiger partial charge in [-0.3, -0.25) is 10.6 Å². The molecule has 2 aliphatic heterocycles. The second kappa shape index (κ2) is 10.1. The predicted octanol–water partition coefficient (Wildman–Crippen LogP) is 5.83. The standard InChI is InChI=1S/C27H42N4O6/c1-17-20(28-22(32)36-18-13-24(2,3)30(34)25(4,5)14-18)11-10-12-21(17)29-23(33)37-19-15-26(6,7)31(35)27(8,9)16-19/h10-12,18-19H,13-16H2,1-9H3,(H,28,32)(H,29,33). The van der Waals surface area contributed by atoms with E-state index < -0.39 is 46.6 Å². The Labute approximate surface area is 220 Å². The van der Waals surface area contributed by atoms with Crippen LogP contribution in [-0.2, 0) is 19.9 Å². The van der Waals surface area contributed by atoms with Crippen LogP contribution < -0.4 is 10.6 Å². The van der Waals surface area contributed by atoms with Crippen LogP contribution in [0.5, 0.6) is 0 Å². The number of amides is 2. The van der Waals surface area contributed by atoms with E-state index in [9.17, 15) is 20.0 Å². The lowest BCUT2D eigenvalue weighted by Crippen LogP contribution is -2.60. The van der Waals surface area contributed by atoms with Crippen LogP contribution in [0.1, 0.15) is 86.6 Å². The minimum atomic E-state index is -0.651. The lowest BCUT2D eigenvalue weighted by Gasteiger charge is -2.49. The van der Waals surface area contributed by atoms with Crippen LogP contribution in [0, 0.1) is 6.92 Å². The number of hydroxylamine groups is 4. The number of piperidine rings is 2. The number of anilines is 2. The number of hydrogen-bond donors (Lipinski definition) is 2. The van der Waals surface area contributed by atoms with E-state index >= 15 is 0 Å². The number of carbonyl (C=O) groups is 2. The maximum absolute atomic E-state index is 12.7. The van der Waals surface area contributed by atoms with Gasteiger partial charge in [0.05, 0.1) is 0 Å². The Morgan fingerprint density at radius 2 is 1.00 bits per heavy atom. The smallest absolute Gasteiger partial charge is 0.411 e. The quantitative estimate of drug-likeness (QED) is 0.517. The molecule has 2 amide bonds. The van der Waals surface area contributed by atoms with E-state index in [0.29, 0.717) is 42.6 Å². The molecule has 0 saturated carbocycles. The van der Waals surface area contributed by atoms with Crippen molar-refractivity contribution in [3.05, 3.63) is 23.8 Å². The summed E-state index contributed by atoms with van der Waals surface area (Å²) < 4.78 is 11.4. The fourth-order valence-corrected chi connectivity index (χ4v) is 6.00. The molecule has 2 N–H and O–H groups in total. The van der Waals surface area contributed by atoms with E-state index in [1.807, 2.05) is 55.4 Å². The summed E-state index contributed by atoms with van der Waals surface area (Å²) in [6, 6.07) is 5.15. The van der Waals surface area contributed by atoms with Gasteiger partial charge in [0.25, 0.3) is 0 Å². The summed E-state index contributed by atoms with van der Waals surface area (Å²) >= 11 is 0. The van der Waals surface area contributed by atoms with E-state index in [2.05, 4.69) is 10.6 Å². The Bertz CT molecular complexity index is 910. The minimum Gasteiger partial charge on any atom is -0.446 e. The molecule has 2 fully saturated rings. The molecule has 10 heteroatoms. The SMILES string of the molecule is Cc1c(NC(=O)OC2CC(C)(C)N([O])C(C)(C)C2)cccc1NC(=O)OC1CC(C)(C)N([O])C(C)(C)C1. The van der Waals surface area contributed by atoms with Crippen molar-refractivity contribution in [2.24, 2.45) is 0 Å². The van der Waals surface area contributed by atoms with Gasteiger partial charge in [0.2, 0.25) is 0 Å². The molecule has 1 aromatic rings. The van der Waals surface area contributed by atoms with E-state index in [1.54, 1.807) is 25.1 Å². The average molecular weight is 519 g/mol. The molecular weight excluding hydrogens is 476 g/mol. The molecule has 0 aliphatic carbocycles. The van der Waals surface area contributed by atoms with Gasteiger partial charge in [-0.05, 0) is 80.0 Å².